The largest absolute Gasteiger partial charge is 0.491 e. The van der Waals surface area contributed by atoms with Gasteiger partial charge in [-0.2, -0.15) is 4.98 Å². The predicted molar refractivity (Wildman–Crippen MR) is 93.4 cm³/mol. The van der Waals surface area contributed by atoms with E-state index in [0.29, 0.717) is 24.9 Å². The van der Waals surface area contributed by atoms with Crippen molar-refractivity contribution in [1.82, 2.24) is 19.9 Å². The quantitative estimate of drug-likeness (QED) is 0.814. The van der Waals surface area contributed by atoms with Gasteiger partial charge in [0.15, 0.2) is 5.82 Å². The van der Waals surface area contributed by atoms with E-state index < -0.39 is 6.10 Å². The van der Waals surface area contributed by atoms with Crippen LogP contribution in [0.2, 0.25) is 0 Å². The highest BCUT2D eigenvalue weighted by Gasteiger charge is 2.26. The minimum absolute atomic E-state index is 0.120. The smallest absolute Gasteiger partial charge is 0.243 e. The molecule has 1 fully saturated rings. The number of nitrogens with zero attached hydrogens (tertiary/aromatic N) is 4. The minimum Gasteiger partial charge on any atom is -0.491 e. The summed E-state index contributed by atoms with van der Waals surface area (Å²) in [5.41, 5.74) is 0. The molecular formula is C18H26N4O3. The molecule has 0 saturated carbocycles. The molecule has 0 bridgehead atoms. The van der Waals surface area contributed by atoms with Crippen molar-refractivity contribution in [3.63, 3.8) is 0 Å². The third-order valence-corrected chi connectivity index (χ3v) is 4.51. The number of hydrogen-bond donors (Lipinski definition) is 1. The van der Waals surface area contributed by atoms with E-state index in [2.05, 4.69) is 26.9 Å². The van der Waals surface area contributed by atoms with Gasteiger partial charge in [0, 0.05) is 32.7 Å². The van der Waals surface area contributed by atoms with Crippen LogP contribution < -0.4 is 4.74 Å². The number of aryl methyl sites for hydroxylation is 1. The lowest BCUT2D eigenvalue weighted by atomic mass is 10.2. The van der Waals surface area contributed by atoms with Crippen LogP contribution in [0.3, 0.4) is 0 Å². The standard InChI is InChI=1S/C18H26N4O3/c1-14(18-19-15(2)20-25-18)22-10-8-21(9-11-22)12-16(23)13-24-17-6-4-3-5-7-17/h3-7,14,16,23H,8-13H2,1-2H3/t14-,16+/m0/s1. The molecular weight excluding hydrogens is 320 g/mol. The first-order valence-electron chi connectivity index (χ1n) is 8.74. The van der Waals surface area contributed by atoms with Crippen LogP contribution in [0.4, 0.5) is 0 Å². The van der Waals surface area contributed by atoms with Gasteiger partial charge in [0.2, 0.25) is 5.89 Å². The lowest BCUT2D eigenvalue weighted by Gasteiger charge is -2.37. The molecule has 1 aliphatic rings. The summed E-state index contributed by atoms with van der Waals surface area (Å²) in [7, 11) is 0. The Labute approximate surface area is 148 Å². The molecule has 2 atom stereocenters. The first kappa shape index (κ1) is 17.8. The number of ether oxygens (including phenoxy) is 1. The van der Waals surface area contributed by atoms with Gasteiger partial charge in [-0.05, 0) is 26.0 Å². The van der Waals surface area contributed by atoms with Gasteiger partial charge >= 0.3 is 0 Å². The van der Waals surface area contributed by atoms with Crippen LogP contribution in [-0.4, -0.2) is 70.5 Å². The summed E-state index contributed by atoms with van der Waals surface area (Å²) in [6.45, 7) is 8.47. The molecule has 136 valence electrons. The van der Waals surface area contributed by atoms with Crippen molar-refractivity contribution in [3.05, 3.63) is 42.0 Å². The number of aliphatic hydroxyl groups is 1. The van der Waals surface area contributed by atoms with E-state index in [1.165, 1.54) is 0 Å². The van der Waals surface area contributed by atoms with Crippen molar-refractivity contribution < 1.29 is 14.4 Å². The molecule has 7 heteroatoms. The van der Waals surface area contributed by atoms with E-state index in [4.69, 9.17) is 9.26 Å². The van der Waals surface area contributed by atoms with E-state index in [1.807, 2.05) is 37.3 Å². The molecule has 1 aliphatic heterocycles. The van der Waals surface area contributed by atoms with Crippen LogP contribution in [-0.2, 0) is 0 Å². The summed E-state index contributed by atoms with van der Waals surface area (Å²) in [6.07, 6.45) is -0.497. The summed E-state index contributed by atoms with van der Waals surface area (Å²) in [5.74, 6) is 2.12. The first-order chi connectivity index (χ1) is 12.1. The van der Waals surface area contributed by atoms with Crippen LogP contribution in [0.25, 0.3) is 0 Å². The van der Waals surface area contributed by atoms with Crippen LogP contribution in [0.5, 0.6) is 5.75 Å². The zero-order chi connectivity index (χ0) is 17.6. The molecule has 7 nitrogen and oxygen atoms in total. The van der Waals surface area contributed by atoms with E-state index in [0.717, 1.165) is 31.9 Å². The molecule has 2 heterocycles. The van der Waals surface area contributed by atoms with E-state index in [9.17, 15) is 5.11 Å². The van der Waals surface area contributed by atoms with E-state index in [-0.39, 0.29) is 6.04 Å². The molecule has 1 aromatic heterocycles. The Morgan fingerprint density at radius 2 is 1.92 bits per heavy atom. The Balaban J connectivity index is 1.40. The van der Waals surface area contributed by atoms with Crippen LogP contribution in [0, 0.1) is 6.92 Å². The van der Waals surface area contributed by atoms with Crippen molar-refractivity contribution in [1.29, 1.82) is 0 Å². The number of benzene rings is 1. The molecule has 0 amide bonds. The normalized spacial score (nSPS) is 18.8. The maximum Gasteiger partial charge on any atom is 0.243 e. The summed E-state index contributed by atoms with van der Waals surface area (Å²) >= 11 is 0. The van der Waals surface area contributed by atoms with Gasteiger partial charge < -0.3 is 14.4 Å². The number of β-amino-alcohol motifs (C(OH)–C–C–N with tert-alkyl or cyclic N) is 1. The van der Waals surface area contributed by atoms with Crippen LogP contribution in [0.1, 0.15) is 24.7 Å². The lowest BCUT2D eigenvalue weighted by Crippen LogP contribution is -2.49. The lowest BCUT2D eigenvalue weighted by molar-refractivity contribution is 0.0343. The Morgan fingerprint density at radius 3 is 2.56 bits per heavy atom. The molecule has 25 heavy (non-hydrogen) atoms. The van der Waals surface area contributed by atoms with Crippen molar-refractivity contribution in [2.45, 2.75) is 26.0 Å². The Hall–Kier alpha value is -1.96. The second-order valence-corrected chi connectivity index (χ2v) is 6.47. The fraction of sp³-hybridized carbons (Fsp3) is 0.556. The Morgan fingerprint density at radius 1 is 1.20 bits per heavy atom. The molecule has 2 aromatic rings. The number of rotatable bonds is 7. The fourth-order valence-electron chi connectivity index (χ4n) is 3.03. The third-order valence-electron chi connectivity index (χ3n) is 4.51. The minimum atomic E-state index is -0.497. The summed E-state index contributed by atoms with van der Waals surface area (Å²) < 4.78 is 10.9. The summed E-state index contributed by atoms with van der Waals surface area (Å²) in [4.78, 5) is 8.91. The van der Waals surface area contributed by atoms with E-state index in [1.54, 1.807) is 0 Å². The zero-order valence-corrected chi connectivity index (χ0v) is 14.8. The van der Waals surface area contributed by atoms with Gasteiger partial charge in [0.25, 0.3) is 0 Å². The van der Waals surface area contributed by atoms with Gasteiger partial charge in [0.1, 0.15) is 18.5 Å². The summed E-state index contributed by atoms with van der Waals surface area (Å²) in [5, 5.41) is 14.1. The number of hydrogen-bond acceptors (Lipinski definition) is 7. The van der Waals surface area contributed by atoms with Crippen molar-refractivity contribution >= 4 is 0 Å². The second kappa shape index (κ2) is 8.42. The monoisotopic (exact) mass is 346 g/mol. The SMILES string of the molecule is Cc1noc([C@H](C)N2CCN(C[C@@H](O)COc3ccccc3)CC2)n1. The molecule has 1 aromatic carbocycles. The van der Waals surface area contributed by atoms with E-state index >= 15 is 0 Å². The molecule has 3 rings (SSSR count). The molecule has 0 spiro atoms. The fourth-order valence-corrected chi connectivity index (χ4v) is 3.03. The average Bonchev–Trinajstić information content (AvgIpc) is 3.07. The average molecular weight is 346 g/mol. The van der Waals surface area contributed by atoms with Gasteiger partial charge in [-0.25, -0.2) is 0 Å². The van der Waals surface area contributed by atoms with Crippen molar-refractivity contribution in [3.8, 4) is 5.75 Å². The van der Waals surface area contributed by atoms with Gasteiger partial charge in [-0.1, -0.05) is 23.4 Å². The number of aromatic nitrogens is 2. The highest BCUT2D eigenvalue weighted by atomic mass is 16.5. The number of aliphatic hydroxyl groups excluding tert-OH is 1. The maximum atomic E-state index is 10.2. The zero-order valence-electron chi connectivity index (χ0n) is 14.8. The van der Waals surface area contributed by atoms with Crippen LogP contribution >= 0.6 is 0 Å². The summed E-state index contributed by atoms with van der Waals surface area (Å²) in [6, 6.07) is 9.70. The second-order valence-electron chi connectivity index (χ2n) is 6.47. The number of piperazine rings is 1. The third kappa shape index (κ3) is 5.01. The molecule has 0 radical (unpaired) electrons. The topological polar surface area (TPSA) is 74.9 Å². The first-order valence-corrected chi connectivity index (χ1v) is 8.74. The van der Waals surface area contributed by atoms with Crippen molar-refractivity contribution in [2.24, 2.45) is 0 Å². The molecule has 1 saturated heterocycles. The molecule has 0 unspecified atom stereocenters. The Bertz CT molecular complexity index is 641. The maximum absolute atomic E-state index is 10.2. The predicted octanol–water partition coefficient (Wildman–Crippen LogP) is 1.50. The van der Waals surface area contributed by atoms with Gasteiger partial charge in [0.05, 0.1) is 6.04 Å². The van der Waals surface area contributed by atoms with Gasteiger partial charge in [-0.15, -0.1) is 0 Å². The Kier molecular flexibility index (Phi) is 6.01. The molecule has 1 N–H and O–H groups in total. The van der Waals surface area contributed by atoms with Crippen molar-refractivity contribution in [2.75, 3.05) is 39.3 Å². The van der Waals surface area contributed by atoms with Crippen LogP contribution in [0.15, 0.2) is 34.9 Å². The highest BCUT2D eigenvalue weighted by molar-refractivity contribution is 5.20. The van der Waals surface area contributed by atoms with Gasteiger partial charge in [-0.3, -0.25) is 9.80 Å². The number of para-hydroxylation sites is 1. The highest BCUT2D eigenvalue weighted by Crippen LogP contribution is 2.20. The molecule has 0 aliphatic carbocycles.